The molecule has 4 rings (SSSR count). The molecule has 178 valence electrons. The van der Waals surface area contributed by atoms with Crippen LogP contribution in [0.1, 0.15) is 23.7 Å². The van der Waals surface area contributed by atoms with Crippen LogP contribution in [0.4, 0.5) is 17.2 Å². The molecule has 10 nitrogen and oxygen atoms in total. The summed E-state index contributed by atoms with van der Waals surface area (Å²) in [6.07, 6.45) is 0.344. The van der Waals surface area contributed by atoms with Crippen molar-refractivity contribution in [2.24, 2.45) is 5.92 Å². The monoisotopic (exact) mass is 464 g/mol. The number of carbonyl (C=O) groups excluding carboxylic acids is 3. The third-order valence-corrected chi connectivity index (χ3v) is 6.12. The Labute approximate surface area is 197 Å². The summed E-state index contributed by atoms with van der Waals surface area (Å²) in [6.45, 7) is 2.70. The normalized spacial score (nSPS) is 16.8. The van der Waals surface area contributed by atoms with Gasteiger partial charge in [0.25, 0.3) is 5.91 Å². The molecule has 1 aromatic heterocycles. The molecule has 1 fully saturated rings. The highest BCUT2D eigenvalue weighted by atomic mass is 16.5. The zero-order valence-corrected chi connectivity index (χ0v) is 19.4. The summed E-state index contributed by atoms with van der Waals surface area (Å²) in [7, 11) is 3.69. The Morgan fingerprint density at radius 1 is 1.24 bits per heavy atom. The minimum absolute atomic E-state index is 0.00377. The predicted octanol–water partition coefficient (Wildman–Crippen LogP) is 2.08. The molecule has 3 aromatic rings. The zero-order valence-electron chi connectivity index (χ0n) is 19.4. The average Bonchev–Trinajstić information content (AvgIpc) is 3.39. The van der Waals surface area contributed by atoms with Gasteiger partial charge in [0.2, 0.25) is 11.8 Å². The van der Waals surface area contributed by atoms with Gasteiger partial charge in [0.1, 0.15) is 0 Å². The number of likely N-dealkylation sites (N-methyl/N-ethyl adjacent to an activating group) is 1. The van der Waals surface area contributed by atoms with E-state index in [1.807, 2.05) is 38.1 Å². The number of nitrogens with two attached hydrogens (primary N) is 1. The Balaban J connectivity index is 1.33. The maximum absolute atomic E-state index is 12.6. The van der Waals surface area contributed by atoms with Gasteiger partial charge < -0.3 is 25.8 Å². The van der Waals surface area contributed by atoms with Crippen molar-refractivity contribution in [1.29, 1.82) is 0 Å². The van der Waals surface area contributed by atoms with Crippen molar-refractivity contribution in [3.63, 3.8) is 0 Å². The Kier molecular flexibility index (Phi) is 6.51. The highest BCUT2D eigenvalue weighted by Crippen LogP contribution is 2.26. The van der Waals surface area contributed by atoms with Crippen LogP contribution >= 0.6 is 0 Å². The lowest BCUT2D eigenvalue weighted by Crippen LogP contribution is -2.37. The number of rotatable bonds is 7. The molecular formula is C24H28N6O4. The summed E-state index contributed by atoms with van der Waals surface area (Å²) < 4.78 is 5.06. The van der Waals surface area contributed by atoms with Crippen molar-refractivity contribution in [3.8, 4) is 0 Å². The summed E-state index contributed by atoms with van der Waals surface area (Å²) in [6, 6.07) is 11.9. The van der Waals surface area contributed by atoms with E-state index in [2.05, 4.69) is 15.8 Å². The Morgan fingerprint density at radius 2 is 1.97 bits per heavy atom. The van der Waals surface area contributed by atoms with E-state index in [9.17, 15) is 14.4 Å². The maximum atomic E-state index is 12.6. The average molecular weight is 465 g/mol. The number of amides is 3. The van der Waals surface area contributed by atoms with Gasteiger partial charge in [-0.3, -0.25) is 19.3 Å². The lowest BCUT2D eigenvalue weighted by molar-refractivity contribution is -0.120. The number of nitrogen functional groups attached to an aromatic ring is 1. The van der Waals surface area contributed by atoms with Gasteiger partial charge in [0, 0.05) is 42.4 Å². The number of anilines is 3. The fourth-order valence-corrected chi connectivity index (χ4v) is 3.81. The van der Waals surface area contributed by atoms with E-state index in [-0.39, 0.29) is 35.5 Å². The lowest BCUT2D eigenvalue weighted by atomic mass is 10.1. The van der Waals surface area contributed by atoms with E-state index in [0.717, 1.165) is 5.69 Å². The summed E-state index contributed by atoms with van der Waals surface area (Å²) >= 11 is 0. The van der Waals surface area contributed by atoms with Crippen LogP contribution in [-0.2, 0) is 9.59 Å². The molecular weight excluding hydrogens is 436 g/mol. The van der Waals surface area contributed by atoms with Crippen LogP contribution in [0.5, 0.6) is 0 Å². The number of nitrogens with one attached hydrogen (secondary N) is 2. The fraction of sp³-hybridized carbons (Fsp3) is 0.333. The third-order valence-electron chi connectivity index (χ3n) is 6.12. The van der Waals surface area contributed by atoms with Crippen LogP contribution in [0.15, 0.2) is 47.0 Å². The molecule has 0 spiro atoms. The van der Waals surface area contributed by atoms with Gasteiger partial charge in [-0.2, -0.15) is 0 Å². The first-order chi connectivity index (χ1) is 16.2. The van der Waals surface area contributed by atoms with E-state index in [1.54, 1.807) is 35.2 Å². The molecule has 2 heterocycles. The van der Waals surface area contributed by atoms with Crippen molar-refractivity contribution in [3.05, 3.63) is 48.0 Å². The third kappa shape index (κ3) is 4.86. The standard InChI is InChI=1S/C24H28N6O4/c1-14(29(2)3)23(32)27-17-5-7-18(8-6-17)30-13-15(10-21(30)31)12-26-24(33)16-4-9-20-19(11-16)22(25)28-34-20/h4-9,11,14-15H,10,12-13H2,1-3H3,(H2,25,28)(H,26,33)(H,27,32). The van der Waals surface area contributed by atoms with Crippen LogP contribution in [0.2, 0.25) is 0 Å². The molecule has 10 heteroatoms. The summed E-state index contributed by atoms with van der Waals surface area (Å²) in [5.41, 5.74) is 8.15. The smallest absolute Gasteiger partial charge is 0.251 e. The number of nitrogens with zero attached hydrogens (tertiary/aromatic N) is 3. The van der Waals surface area contributed by atoms with E-state index < -0.39 is 0 Å². The number of carbonyl (C=O) groups is 3. The summed E-state index contributed by atoms with van der Waals surface area (Å²) in [4.78, 5) is 40.9. The van der Waals surface area contributed by atoms with Gasteiger partial charge in [0.15, 0.2) is 11.4 Å². The van der Waals surface area contributed by atoms with Crippen molar-refractivity contribution in [1.82, 2.24) is 15.4 Å². The van der Waals surface area contributed by atoms with Gasteiger partial charge in [-0.25, -0.2) is 0 Å². The molecule has 1 aliphatic rings. The molecule has 2 aromatic carbocycles. The minimum Gasteiger partial charge on any atom is -0.380 e. The first-order valence-corrected chi connectivity index (χ1v) is 11.0. The first-order valence-electron chi connectivity index (χ1n) is 11.0. The van der Waals surface area contributed by atoms with Gasteiger partial charge in [0.05, 0.1) is 11.4 Å². The largest absolute Gasteiger partial charge is 0.380 e. The Morgan fingerprint density at radius 3 is 2.68 bits per heavy atom. The van der Waals surface area contributed by atoms with E-state index in [0.29, 0.717) is 41.7 Å². The Bertz CT molecular complexity index is 1220. The molecule has 0 aliphatic carbocycles. The highest BCUT2D eigenvalue weighted by molar-refractivity contribution is 6.00. The number of aromatic nitrogens is 1. The van der Waals surface area contributed by atoms with Crippen molar-refractivity contribution in [2.45, 2.75) is 19.4 Å². The zero-order chi connectivity index (χ0) is 24.4. The summed E-state index contributed by atoms with van der Waals surface area (Å²) in [5, 5.41) is 10.1. The second-order valence-corrected chi connectivity index (χ2v) is 8.74. The fourth-order valence-electron chi connectivity index (χ4n) is 3.81. The molecule has 3 amide bonds. The molecule has 1 saturated heterocycles. The van der Waals surface area contributed by atoms with Crippen LogP contribution in [-0.4, -0.2) is 61.0 Å². The van der Waals surface area contributed by atoms with Crippen molar-refractivity contribution < 1.29 is 18.9 Å². The van der Waals surface area contributed by atoms with Crippen molar-refractivity contribution >= 4 is 45.9 Å². The van der Waals surface area contributed by atoms with E-state index in [1.165, 1.54) is 0 Å². The molecule has 0 radical (unpaired) electrons. The number of hydrogen-bond acceptors (Lipinski definition) is 7. The number of benzene rings is 2. The molecule has 1 aliphatic heterocycles. The van der Waals surface area contributed by atoms with Crippen LogP contribution in [0, 0.1) is 5.92 Å². The SMILES string of the molecule is CC(C(=O)Nc1ccc(N2CC(CNC(=O)c3ccc4onc(N)c4c3)CC2=O)cc1)N(C)C. The van der Waals surface area contributed by atoms with Crippen LogP contribution in [0.3, 0.4) is 0 Å². The minimum atomic E-state index is -0.258. The maximum Gasteiger partial charge on any atom is 0.251 e. The lowest BCUT2D eigenvalue weighted by Gasteiger charge is -2.20. The van der Waals surface area contributed by atoms with Gasteiger partial charge in [-0.15, -0.1) is 0 Å². The molecule has 4 N–H and O–H groups in total. The quantitative estimate of drug-likeness (QED) is 0.487. The van der Waals surface area contributed by atoms with Crippen LogP contribution < -0.4 is 21.3 Å². The number of fused-ring (bicyclic) bond motifs is 1. The first kappa shape index (κ1) is 23.2. The number of hydrogen-bond donors (Lipinski definition) is 3. The van der Waals surface area contributed by atoms with E-state index >= 15 is 0 Å². The van der Waals surface area contributed by atoms with Gasteiger partial charge in [-0.1, -0.05) is 5.16 Å². The summed E-state index contributed by atoms with van der Waals surface area (Å²) in [5.74, 6) is -0.131. The molecule has 0 saturated carbocycles. The predicted molar refractivity (Wildman–Crippen MR) is 129 cm³/mol. The molecule has 2 unspecified atom stereocenters. The van der Waals surface area contributed by atoms with Crippen LogP contribution in [0.25, 0.3) is 11.0 Å². The second-order valence-electron chi connectivity index (χ2n) is 8.74. The Hall–Kier alpha value is -3.92. The van der Waals surface area contributed by atoms with E-state index in [4.69, 9.17) is 10.3 Å². The molecule has 34 heavy (non-hydrogen) atoms. The second kappa shape index (κ2) is 9.52. The molecule has 2 atom stereocenters. The topological polar surface area (TPSA) is 134 Å². The molecule has 0 bridgehead atoms. The van der Waals surface area contributed by atoms with Crippen molar-refractivity contribution in [2.75, 3.05) is 43.1 Å². The highest BCUT2D eigenvalue weighted by Gasteiger charge is 2.31. The van der Waals surface area contributed by atoms with Gasteiger partial charge in [-0.05, 0) is 63.5 Å². The van der Waals surface area contributed by atoms with Gasteiger partial charge >= 0.3 is 0 Å².